The lowest BCUT2D eigenvalue weighted by Gasteiger charge is -2.09. The number of benzene rings is 3. The number of nitrogens with zero attached hydrogens (tertiary/aromatic N) is 1. The van der Waals surface area contributed by atoms with E-state index in [1.165, 1.54) is 0 Å². The molecule has 0 saturated heterocycles. The third kappa shape index (κ3) is 4.84. The summed E-state index contributed by atoms with van der Waals surface area (Å²) in [6.07, 6.45) is 0.569. The normalized spacial score (nSPS) is 10.7. The summed E-state index contributed by atoms with van der Waals surface area (Å²) in [5.41, 5.74) is 4.72. The molecule has 0 fully saturated rings. The van der Waals surface area contributed by atoms with Crippen molar-refractivity contribution in [2.45, 2.75) is 13.3 Å². The van der Waals surface area contributed by atoms with Crippen LogP contribution in [0.4, 0.5) is 5.69 Å². The Labute approximate surface area is 184 Å². The zero-order valence-corrected chi connectivity index (χ0v) is 17.7. The first-order chi connectivity index (χ1) is 14.5. The molecule has 0 aliphatic heterocycles. The van der Waals surface area contributed by atoms with Crippen LogP contribution in [0.3, 0.4) is 0 Å². The third-order valence-corrected chi connectivity index (χ3v) is 4.92. The molecule has 30 heavy (non-hydrogen) atoms. The highest BCUT2D eigenvalue weighted by atomic mass is 35.5. The average molecular weight is 436 g/mol. The molecule has 5 nitrogen and oxygen atoms in total. The molecule has 2 N–H and O–H groups in total. The van der Waals surface area contributed by atoms with Crippen molar-refractivity contribution in [3.8, 4) is 0 Å². The van der Waals surface area contributed by atoms with Crippen LogP contribution in [0.5, 0.6) is 0 Å². The maximum absolute atomic E-state index is 12.3. The largest absolute Gasteiger partial charge is 0.440 e. The lowest BCUT2D eigenvalue weighted by atomic mass is 10.1. The van der Waals surface area contributed by atoms with Gasteiger partial charge in [-0.25, -0.2) is 4.98 Å². The Kier molecular flexibility index (Phi) is 5.79. The molecule has 0 aliphatic rings. The molecule has 1 amide bonds. The van der Waals surface area contributed by atoms with Gasteiger partial charge in [0.05, 0.1) is 0 Å². The van der Waals surface area contributed by atoms with E-state index in [2.05, 4.69) is 15.6 Å². The maximum atomic E-state index is 12.3. The first-order valence-electron chi connectivity index (χ1n) is 9.29. The molecule has 0 bridgehead atoms. The molecule has 1 aromatic heterocycles. The van der Waals surface area contributed by atoms with Crippen LogP contribution in [-0.4, -0.2) is 16.0 Å². The highest BCUT2D eigenvalue weighted by Gasteiger charge is 2.11. The summed E-state index contributed by atoms with van der Waals surface area (Å²) in [4.78, 5) is 16.9. The topological polar surface area (TPSA) is 67.2 Å². The second kappa shape index (κ2) is 8.65. The first kappa shape index (κ1) is 20.1. The van der Waals surface area contributed by atoms with Crippen LogP contribution in [0.15, 0.2) is 71.1 Å². The van der Waals surface area contributed by atoms with Crippen LogP contribution in [-0.2, 0) is 6.42 Å². The molecule has 1 heterocycles. The van der Waals surface area contributed by atoms with Gasteiger partial charge in [-0.1, -0.05) is 41.4 Å². The number of carbonyl (C=O) groups is 1. The number of nitrogens with one attached hydrogen (secondary N) is 2. The fraction of sp³-hybridized carbons (Fsp3) is 0.0870. The Hall–Kier alpha value is -3.22. The zero-order chi connectivity index (χ0) is 21.1. The van der Waals surface area contributed by atoms with Crippen LogP contribution in [0.1, 0.15) is 27.4 Å². The molecule has 0 spiro atoms. The molecule has 3 aromatic carbocycles. The number of hydrogen-bond donors (Lipinski definition) is 2. The third-order valence-electron chi connectivity index (χ3n) is 4.47. The summed E-state index contributed by atoms with van der Waals surface area (Å²) in [7, 11) is 0. The van der Waals surface area contributed by atoms with E-state index in [4.69, 9.17) is 28.2 Å². The number of rotatable bonds is 4. The van der Waals surface area contributed by atoms with Crippen LogP contribution in [0.2, 0.25) is 5.02 Å². The SMILES string of the molecule is Cc1cccc(C(=O)NC(=S)Nc2ccc3oc(Cc4ccc(Cl)cc4)nc3c2)c1. The number of aryl methyl sites for hydroxylation is 1. The van der Waals surface area contributed by atoms with Crippen LogP contribution in [0, 0.1) is 6.92 Å². The van der Waals surface area contributed by atoms with Crippen molar-refractivity contribution in [1.29, 1.82) is 0 Å². The van der Waals surface area contributed by atoms with Gasteiger partial charge in [-0.3, -0.25) is 10.1 Å². The number of oxazole rings is 1. The predicted octanol–water partition coefficient (Wildman–Crippen LogP) is 5.51. The molecular formula is C23H18ClN3O2S. The van der Waals surface area contributed by atoms with Crippen molar-refractivity contribution >= 4 is 51.6 Å². The number of hydrogen-bond acceptors (Lipinski definition) is 4. The highest BCUT2D eigenvalue weighted by Crippen LogP contribution is 2.22. The van der Waals surface area contributed by atoms with E-state index in [0.717, 1.165) is 11.1 Å². The minimum Gasteiger partial charge on any atom is -0.440 e. The van der Waals surface area contributed by atoms with Gasteiger partial charge in [0.15, 0.2) is 16.6 Å². The summed E-state index contributed by atoms with van der Waals surface area (Å²) in [6, 6.07) is 20.4. The standard InChI is InChI=1S/C23H18ClN3O2S/c1-14-3-2-4-16(11-14)22(28)27-23(30)25-18-9-10-20-19(13-18)26-21(29-20)12-15-5-7-17(24)8-6-15/h2-11,13H,12H2,1H3,(H2,25,27,28,30). The molecule has 4 rings (SSSR count). The number of fused-ring (bicyclic) bond motifs is 1. The fourth-order valence-electron chi connectivity index (χ4n) is 3.03. The first-order valence-corrected chi connectivity index (χ1v) is 10.1. The number of aromatic nitrogens is 1. The lowest BCUT2D eigenvalue weighted by molar-refractivity contribution is 0.0977. The van der Waals surface area contributed by atoms with Crippen molar-refractivity contribution in [2.75, 3.05) is 5.32 Å². The smallest absolute Gasteiger partial charge is 0.257 e. The number of anilines is 1. The number of carbonyl (C=O) groups excluding carboxylic acids is 1. The van der Waals surface area contributed by atoms with Gasteiger partial charge in [-0.15, -0.1) is 0 Å². The van der Waals surface area contributed by atoms with Gasteiger partial charge in [0.1, 0.15) is 5.52 Å². The van der Waals surface area contributed by atoms with Crippen molar-refractivity contribution < 1.29 is 9.21 Å². The fourth-order valence-corrected chi connectivity index (χ4v) is 3.37. The predicted molar refractivity (Wildman–Crippen MR) is 123 cm³/mol. The van der Waals surface area contributed by atoms with Gasteiger partial charge in [-0.2, -0.15) is 0 Å². The highest BCUT2D eigenvalue weighted by molar-refractivity contribution is 7.80. The second-order valence-electron chi connectivity index (χ2n) is 6.87. The zero-order valence-electron chi connectivity index (χ0n) is 16.1. The Balaban J connectivity index is 1.43. The second-order valence-corrected chi connectivity index (χ2v) is 7.72. The van der Waals surface area contributed by atoms with Crippen LogP contribution >= 0.6 is 23.8 Å². The molecule has 0 radical (unpaired) electrons. The van der Waals surface area contributed by atoms with Crippen molar-refractivity contribution in [3.05, 3.63) is 94.3 Å². The number of halogens is 1. The van der Waals surface area contributed by atoms with Crippen molar-refractivity contribution in [3.63, 3.8) is 0 Å². The molecule has 4 aromatic rings. The average Bonchev–Trinajstić information content (AvgIpc) is 3.11. The molecule has 150 valence electrons. The van der Waals surface area contributed by atoms with E-state index < -0.39 is 0 Å². The van der Waals surface area contributed by atoms with Crippen LogP contribution < -0.4 is 10.6 Å². The molecular weight excluding hydrogens is 418 g/mol. The van der Waals surface area contributed by atoms with Gasteiger partial charge in [0.2, 0.25) is 0 Å². The Bertz CT molecular complexity index is 1230. The van der Waals surface area contributed by atoms with Gasteiger partial charge in [0, 0.05) is 22.7 Å². The van der Waals surface area contributed by atoms with E-state index in [9.17, 15) is 4.79 Å². The van der Waals surface area contributed by atoms with Gasteiger partial charge < -0.3 is 9.73 Å². The minimum absolute atomic E-state index is 0.214. The summed E-state index contributed by atoms with van der Waals surface area (Å²) in [5.74, 6) is 0.351. The quantitative estimate of drug-likeness (QED) is 0.414. The molecule has 7 heteroatoms. The maximum Gasteiger partial charge on any atom is 0.257 e. The summed E-state index contributed by atoms with van der Waals surface area (Å²) in [6.45, 7) is 1.93. The molecule has 0 saturated carbocycles. The van der Waals surface area contributed by atoms with E-state index in [0.29, 0.717) is 39.7 Å². The van der Waals surface area contributed by atoms with E-state index in [1.807, 2.05) is 67.6 Å². The molecule has 0 unspecified atom stereocenters. The van der Waals surface area contributed by atoms with Gasteiger partial charge in [0.25, 0.3) is 5.91 Å². The van der Waals surface area contributed by atoms with Crippen LogP contribution in [0.25, 0.3) is 11.1 Å². The van der Waals surface area contributed by atoms with E-state index in [1.54, 1.807) is 6.07 Å². The number of thiocarbonyl (C=S) groups is 1. The van der Waals surface area contributed by atoms with Crippen molar-refractivity contribution in [2.24, 2.45) is 0 Å². The summed E-state index contributed by atoms with van der Waals surface area (Å²) >= 11 is 11.2. The van der Waals surface area contributed by atoms with E-state index >= 15 is 0 Å². The van der Waals surface area contributed by atoms with E-state index in [-0.39, 0.29) is 11.0 Å². The Morgan fingerprint density at radius 3 is 2.67 bits per heavy atom. The monoisotopic (exact) mass is 435 g/mol. The summed E-state index contributed by atoms with van der Waals surface area (Å²) in [5, 5.41) is 6.61. The molecule has 0 aliphatic carbocycles. The van der Waals surface area contributed by atoms with Gasteiger partial charge in [-0.05, 0) is 67.2 Å². The van der Waals surface area contributed by atoms with Gasteiger partial charge >= 0.3 is 0 Å². The Morgan fingerprint density at radius 2 is 1.90 bits per heavy atom. The minimum atomic E-state index is -0.260. The lowest BCUT2D eigenvalue weighted by Crippen LogP contribution is -2.34. The summed E-state index contributed by atoms with van der Waals surface area (Å²) < 4.78 is 5.82. The molecule has 0 atom stereocenters. The number of amides is 1. The van der Waals surface area contributed by atoms with Crippen molar-refractivity contribution in [1.82, 2.24) is 10.3 Å². The Morgan fingerprint density at radius 1 is 1.10 bits per heavy atom.